The average molecular weight is 817 g/mol. The molecule has 0 spiro atoms. The summed E-state index contributed by atoms with van der Waals surface area (Å²) in [6.07, 6.45) is 0. The average Bonchev–Trinajstić information content (AvgIpc) is 3.84. The molecule has 0 bridgehead atoms. The monoisotopic (exact) mass is 816 g/mol. The number of aromatic nitrogens is 2. The molecule has 0 unspecified atom stereocenters. The highest BCUT2D eigenvalue weighted by atomic mass is 16.3. The number of fused-ring (bicyclic) bond motifs is 9. The Morgan fingerprint density at radius 1 is 0.344 bits per heavy atom. The van der Waals surface area contributed by atoms with E-state index >= 15 is 0 Å². The van der Waals surface area contributed by atoms with E-state index < -0.39 is 0 Å². The second kappa shape index (κ2) is 13.9. The molecule has 12 aromatic rings. The van der Waals surface area contributed by atoms with Gasteiger partial charge in [-0.3, -0.25) is 0 Å². The van der Waals surface area contributed by atoms with Gasteiger partial charge in [-0.25, -0.2) is 9.97 Å². The largest absolute Gasteiger partial charge is 0.456 e. The second-order valence-corrected chi connectivity index (χ2v) is 17.6. The van der Waals surface area contributed by atoms with Gasteiger partial charge in [0.1, 0.15) is 11.2 Å². The zero-order valence-electron chi connectivity index (χ0n) is 35.4. The van der Waals surface area contributed by atoms with Gasteiger partial charge in [-0.2, -0.15) is 0 Å². The Hall–Kier alpha value is -8.14. The lowest BCUT2D eigenvalue weighted by molar-refractivity contribution is 0.661. The summed E-state index contributed by atoms with van der Waals surface area (Å²) in [5.41, 5.74) is 16.7. The van der Waals surface area contributed by atoms with Crippen LogP contribution in [0.5, 0.6) is 0 Å². The number of rotatable bonds is 5. The van der Waals surface area contributed by atoms with Crippen molar-refractivity contribution in [3.63, 3.8) is 0 Å². The first-order valence-corrected chi connectivity index (χ1v) is 22.1. The van der Waals surface area contributed by atoms with Gasteiger partial charge in [-0.15, -0.1) is 0 Å². The van der Waals surface area contributed by atoms with Gasteiger partial charge in [0.05, 0.1) is 11.4 Å². The molecule has 0 atom stereocenters. The molecule has 64 heavy (non-hydrogen) atoms. The molecule has 0 N–H and O–H groups in total. The predicted octanol–water partition coefficient (Wildman–Crippen LogP) is 16.5. The van der Waals surface area contributed by atoms with Gasteiger partial charge in [-0.05, 0) is 113 Å². The zero-order valence-corrected chi connectivity index (χ0v) is 35.4. The molecule has 0 saturated carbocycles. The molecule has 0 amide bonds. The van der Waals surface area contributed by atoms with Crippen LogP contribution >= 0.6 is 0 Å². The number of hydrogen-bond donors (Lipinski definition) is 0. The molecular weight excluding hydrogens is 777 g/mol. The van der Waals surface area contributed by atoms with E-state index in [1.165, 1.54) is 71.4 Å². The maximum absolute atomic E-state index is 6.33. The van der Waals surface area contributed by atoms with Gasteiger partial charge >= 0.3 is 0 Å². The van der Waals surface area contributed by atoms with Crippen molar-refractivity contribution in [3.05, 3.63) is 217 Å². The Bertz CT molecular complexity index is 3880. The van der Waals surface area contributed by atoms with E-state index in [9.17, 15) is 0 Å². The highest BCUT2D eigenvalue weighted by Gasteiger charge is 2.36. The van der Waals surface area contributed by atoms with Crippen molar-refractivity contribution in [2.45, 2.75) is 19.3 Å². The van der Waals surface area contributed by atoms with E-state index in [0.717, 1.165) is 55.4 Å². The van der Waals surface area contributed by atoms with Crippen LogP contribution in [-0.4, -0.2) is 9.97 Å². The molecule has 3 nitrogen and oxygen atoms in total. The predicted molar refractivity (Wildman–Crippen MR) is 267 cm³/mol. The molecular formula is C61H40N2O. The first-order valence-electron chi connectivity index (χ1n) is 22.1. The lowest BCUT2D eigenvalue weighted by Crippen LogP contribution is -2.15. The van der Waals surface area contributed by atoms with E-state index in [1.807, 2.05) is 36.4 Å². The summed E-state index contributed by atoms with van der Waals surface area (Å²) in [4.78, 5) is 10.5. The van der Waals surface area contributed by atoms with Crippen molar-refractivity contribution in [2.75, 3.05) is 0 Å². The minimum Gasteiger partial charge on any atom is -0.456 e. The third-order valence-corrected chi connectivity index (χ3v) is 13.7. The molecule has 13 rings (SSSR count). The summed E-state index contributed by atoms with van der Waals surface area (Å²) < 4.78 is 6.33. The summed E-state index contributed by atoms with van der Waals surface area (Å²) in [6, 6.07) is 74.3. The van der Waals surface area contributed by atoms with Crippen LogP contribution in [0.1, 0.15) is 25.0 Å². The molecule has 2 aromatic heterocycles. The number of nitrogens with zero attached hydrogens (tertiary/aromatic N) is 2. The third kappa shape index (κ3) is 5.54. The molecule has 0 fully saturated rings. The molecule has 1 aliphatic carbocycles. The van der Waals surface area contributed by atoms with Crippen molar-refractivity contribution in [2.24, 2.45) is 0 Å². The van der Waals surface area contributed by atoms with Crippen molar-refractivity contribution >= 4 is 54.3 Å². The van der Waals surface area contributed by atoms with E-state index in [-0.39, 0.29) is 5.41 Å². The van der Waals surface area contributed by atoms with Crippen molar-refractivity contribution < 1.29 is 4.42 Å². The van der Waals surface area contributed by atoms with Gasteiger partial charge in [0.15, 0.2) is 5.82 Å². The Labute approximate surface area is 371 Å². The first-order chi connectivity index (χ1) is 31.5. The fourth-order valence-electron chi connectivity index (χ4n) is 10.6. The van der Waals surface area contributed by atoms with Gasteiger partial charge < -0.3 is 4.42 Å². The summed E-state index contributed by atoms with van der Waals surface area (Å²) in [5.74, 6) is 0.680. The van der Waals surface area contributed by atoms with Crippen LogP contribution in [0.15, 0.2) is 211 Å². The van der Waals surface area contributed by atoms with Crippen molar-refractivity contribution in [3.8, 4) is 67.3 Å². The fraction of sp³-hybridized carbons (Fsp3) is 0.0492. The maximum Gasteiger partial charge on any atom is 0.160 e. The summed E-state index contributed by atoms with van der Waals surface area (Å²) in [6.45, 7) is 4.75. The Morgan fingerprint density at radius 2 is 0.875 bits per heavy atom. The fourth-order valence-corrected chi connectivity index (χ4v) is 10.6. The van der Waals surface area contributed by atoms with Crippen LogP contribution in [0.3, 0.4) is 0 Å². The quantitative estimate of drug-likeness (QED) is 0.174. The van der Waals surface area contributed by atoms with Crippen LogP contribution < -0.4 is 0 Å². The molecule has 10 aromatic carbocycles. The van der Waals surface area contributed by atoms with Gasteiger partial charge in [0.25, 0.3) is 0 Å². The smallest absolute Gasteiger partial charge is 0.160 e. The van der Waals surface area contributed by atoms with Gasteiger partial charge in [-0.1, -0.05) is 184 Å². The lowest BCUT2D eigenvalue weighted by Gasteiger charge is -2.22. The maximum atomic E-state index is 6.33. The molecule has 3 heteroatoms. The van der Waals surface area contributed by atoms with E-state index in [4.69, 9.17) is 14.4 Å². The molecule has 2 heterocycles. The summed E-state index contributed by atoms with van der Waals surface area (Å²) in [7, 11) is 0. The summed E-state index contributed by atoms with van der Waals surface area (Å²) >= 11 is 0. The number of para-hydroxylation sites is 1. The van der Waals surface area contributed by atoms with E-state index in [1.54, 1.807) is 0 Å². The standard InChI is InChI=1S/C61H40N2O/c1-61(2)53-35-40(27-28-48(53)52-33-38-17-6-7-18-39(38)34-54(52)61)41-29-30-46(43-20-9-8-19-42(41)43)47-31-32-49(45-22-11-10-21-44(45)47)55-36-56(63-60(62-55)37-15-4-3-5-16-37)50-24-14-26-58-59(50)51-23-12-13-25-57(51)64-58/h3-36H,1-2H3. The van der Waals surface area contributed by atoms with Crippen molar-refractivity contribution in [1.82, 2.24) is 9.97 Å². The SMILES string of the molecule is CC1(C)c2cc(-c3ccc(-c4ccc(-c5cc(-c6cccc7oc8ccccc8c67)nc(-c6ccccc6)n5)c5ccccc45)c4ccccc34)ccc2-c2cc3ccccc3cc21. The van der Waals surface area contributed by atoms with Crippen LogP contribution in [0.25, 0.3) is 122 Å². The zero-order chi connectivity index (χ0) is 42.5. The number of hydrogen-bond acceptors (Lipinski definition) is 3. The molecule has 0 radical (unpaired) electrons. The number of furan rings is 1. The van der Waals surface area contributed by atoms with Crippen LogP contribution in [-0.2, 0) is 5.41 Å². The summed E-state index contributed by atoms with van der Waals surface area (Å²) in [5, 5.41) is 9.47. The highest BCUT2D eigenvalue weighted by Crippen LogP contribution is 2.51. The van der Waals surface area contributed by atoms with Gasteiger partial charge in [0, 0.05) is 32.9 Å². The van der Waals surface area contributed by atoms with Crippen LogP contribution in [0.2, 0.25) is 0 Å². The van der Waals surface area contributed by atoms with E-state index in [0.29, 0.717) is 5.82 Å². The molecule has 300 valence electrons. The van der Waals surface area contributed by atoms with Crippen LogP contribution in [0.4, 0.5) is 0 Å². The first kappa shape index (κ1) is 36.5. The van der Waals surface area contributed by atoms with Crippen molar-refractivity contribution in [1.29, 1.82) is 0 Å². The van der Waals surface area contributed by atoms with E-state index in [2.05, 4.69) is 184 Å². The minimum atomic E-state index is -0.117. The topological polar surface area (TPSA) is 38.9 Å². The number of benzene rings is 10. The van der Waals surface area contributed by atoms with Crippen LogP contribution in [0, 0.1) is 0 Å². The third-order valence-electron chi connectivity index (χ3n) is 13.7. The molecule has 0 aliphatic heterocycles. The lowest BCUT2D eigenvalue weighted by atomic mass is 9.80. The van der Waals surface area contributed by atoms with Gasteiger partial charge in [0.2, 0.25) is 0 Å². The Morgan fingerprint density at radius 3 is 1.61 bits per heavy atom. The second-order valence-electron chi connectivity index (χ2n) is 17.6. The molecule has 0 saturated heterocycles. The Kier molecular flexibility index (Phi) is 7.95. The Balaban J connectivity index is 0.955. The highest BCUT2D eigenvalue weighted by molar-refractivity contribution is 6.14. The molecule has 1 aliphatic rings. The minimum absolute atomic E-state index is 0.117. The normalized spacial score (nSPS) is 13.0.